The van der Waals surface area contributed by atoms with Crippen molar-refractivity contribution in [1.29, 1.82) is 0 Å². The summed E-state index contributed by atoms with van der Waals surface area (Å²) in [4.78, 5) is 13.3. The predicted molar refractivity (Wildman–Crippen MR) is 116 cm³/mol. The Morgan fingerprint density at radius 2 is 1.67 bits per heavy atom. The van der Waals surface area contributed by atoms with Gasteiger partial charge in [-0.3, -0.25) is 4.79 Å². The number of carbonyl (C=O) groups is 1. The van der Waals surface area contributed by atoms with Crippen molar-refractivity contribution >= 4 is 15.9 Å². The number of hydrogen-bond donors (Lipinski definition) is 1. The number of piperidine rings is 1. The van der Waals surface area contributed by atoms with Gasteiger partial charge in [0, 0.05) is 25.0 Å². The summed E-state index contributed by atoms with van der Waals surface area (Å²) in [5, 5.41) is 3.46. The van der Waals surface area contributed by atoms with Gasteiger partial charge in [0.2, 0.25) is 15.9 Å². The van der Waals surface area contributed by atoms with Crippen LogP contribution >= 0.6 is 0 Å². The Bertz CT molecular complexity index is 874. The summed E-state index contributed by atoms with van der Waals surface area (Å²) < 4.78 is 27.7. The Hall–Kier alpha value is -1.40. The fraction of sp³-hybridized carbons (Fsp3) is 0.708. The molecule has 0 spiro atoms. The van der Waals surface area contributed by atoms with Crippen LogP contribution < -0.4 is 5.32 Å². The molecule has 1 amide bonds. The molecule has 164 valence electrons. The number of rotatable bonds is 5. The van der Waals surface area contributed by atoms with Gasteiger partial charge in [-0.15, -0.1) is 0 Å². The molecule has 1 heterocycles. The lowest BCUT2D eigenvalue weighted by Gasteiger charge is -2.57. The van der Waals surface area contributed by atoms with Crippen LogP contribution in [0.15, 0.2) is 29.2 Å². The van der Waals surface area contributed by atoms with E-state index in [4.69, 9.17) is 0 Å². The van der Waals surface area contributed by atoms with Crippen LogP contribution in [-0.2, 0) is 14.8 Å². The number of benzene rings is 1. The second kappa shape index (κ2) is 7.63. The van der Waals surface area contributed by atoms with Crippen molar-refractivity contribution < 1.29 is 13.2 Å². The lowest BCUT2D eigenvalue weighted by molar-refractivity contribution is -0.128. The molecule has 1 aliphatic heterocycles. The molecule has 1 aromatic rings. The molecule has 6 heteroatoms. The Kier molecular flexibility index (Phi) is 5.21. The van der Waals surface area contributed by atoms with Crippen LogP contribution in [0.25, 0.3) is 0 Å². The summed E-state index contributed by atoms with van der Waals surface area (Å²) >= 11 is 0. The standard InChI is InChI=1S/C24H34N2O3S/c1-17-4-6-22(7-5-17)30(28,29)26-8-2-3-18(16-26)12-23(27)25-24-13-19-9-20(14-24)11-21(10-19)15-24/h4-7,18-21H,2-3,8-16H2,1H3,(H,25,27). The fourth-order valence-electron chi connectivity index (χ4n) is 7.14. The molecule has 1 aromatic carbocycles. The number of hydrogen-bond acceptors (Lipinski definition) is 3. The summed E-state index contributed by atoms with van der Waals surface area (Å²) in [5.41, 5.74) is 1.08. The van der Waals surface area contributed by atoms with Crippen molar-refractivity contribution in [3.05, 3.63) is 29.8 Å². The highest BCUT2D eigenvalue weighted by Gasteiger charge is 2.51. The lowest BCUT2D eigenvalue weighted by Crippen LogP contribution is -2.60. The quantitative estimate of drug-likeness (QED) is 0.771. The first-order valence-corrected chi connectivity index (χ1v) is 13.1. The number of sulfonamides is 1. The van der Waals surface area contributed by atoms with Crippen LogP contribution in [0.2, 0.25) is 0 Å². The SMILES string of the molecule is Cc1ccc(S(=O)(=O)N2CCCC(CC(=O)NC34CC5CC(CC(C5)C3)C4)C2)cc1. The van der Waals surface area contributed by atoms with Gasteiger partial charge in [0.1, 0.15) is 0 Å². The minimum atomic E-state index is -3.49. The van der Waals surface area contributed by atoms with Crippen LogP contribution in [0.4, 0.5) is 0 Å². The molecule has 4 bridgehead atoms. The molecule has 6 rings (SSSR count). The fourth-order valence-corrected chi connectivity index (χ4v) is 8.70. The van der Waals surface area contributed by atoms with Crippen molar-refractivity contribution in [1.82, 2.24) is 9.62 Å². The normalized spacial score (nSPS) is 36.0. The van der Waals surface area contributed by atoms with Gasteiger partial charge in [-0.2, -0.15) is 4.31 Å². The molecule has 1 atom stereocenters. The summed E-state index contributed by atoms with van der Waals surface area (Å²) in [6.45, 7) is 2.95. The molecule has 5 fully saturated rings. The van der Waals surface area contributed by atoms with E-state index < -0.39 is 10.0 Å². The smallest absolute Gasteiger partial charge is 0.243 e. The summed E-state index contributed by atoms with van der Waals surface area (Å²) in [6, 6.07) is 7.06. The molecule has 0 radical (unpaired) electrons. The van der Waals surface area contributed by atoms with E-state index in [1.54, 1.807) is 16.4 Å². The molecule has 0 aromatic heterocycles. The van der Waals surface area contributed by atoms with Crippen molar-refractivity contribution in [3.63, 3.8) is 0 Å². The number of aryl methyl sites for hydroxylation is 1. The van der Waals surface area contributed by atoms with Gasteiger partial charge in [-0.25, -0.2) is 8.42 Å². The van der Waals surface area contributed by atoms with E-state index in [9.17, 15) is 13.2 Å². The molecular weight excluding hydrogens is 396 g/mol. The van der Waals surface area contributed by atoms with Crippen LogP contribution in [0.3, 0.4) is 0 Å². The van der Waals surface area contributed by atoms with Gasteiger partial charge < -0.3 is 5.32 Å². The van der Waals surface area contributed by atoms with Gasteiger partial charge in [-0.1, -0.05) is 17.7 Å². The first kappa shape index (κ1) is 20.5. The maximum absolute atomic E-state index is 13.1. The van der Waals surface area contributed by atoms with Crippen molar-refractivity contribution in [2.45, 2.75) is 75.1 Å². The zero-order valence-corrected chi connectivity index (χ0v) is 18.8. The molecule has 1 saturated heterocycles. The summed E-state index contributed by atoms with van der Waals surface area (Å²) in [6.07, 6.45) is 9.75. The third-order valence-corrected chi connectivity index (χ3v) is 9.94. The van der Waals surface area contributed by atoms with Gasteiger partial charge in [0.15, 0.2) is 0 Å². The van der Waals surface area contributed by atoms with Crippen LogP contribution in [0, 0.1) is 30.6 Å². The first-order chi connectivity index (χ1) is 14.3. The van der Waals surface area contributed by atoms with Crippen LogP contribution in [0.5, 0.6) is 0 Å². The number of amides is 1. The Labute approximate surface area is 180 Å². The average Bonchev–Trinajstić information content (AvgIpc) is 2.67. The molecule has 1 N–H and O–H groups in total. The zero-order valence-electron chi connectivity index (χ0n) is 18.0. The Balaban J connectivity index is 1.21. The number of nitrogens with one attached hydrogen (secondary N) is 1. The van der Waals surface area contributed by atoms with Gasteiger partial charge in [0.25, 0.3) is 0 Å². The maximum atomic E-state index is 13.1. The Morgan fingerprint density at radius 1 is 1.07 bits per heavy atom. The van der Waals surface area contributed by atoms with Gasteiger partial charge in [0.05, 0.1) is 4.90 Å². The highest BCUT2D eigenvalue weighted by Crippen LogP contribution is 2.55. The predicted octanol–water partition coefficient (Wildman–Crippen LogP) is 3.87. The minimum absolute atomic E-state index is 0.0359. The third-order valence-electron chi connectivity index (χ3n) is 8.06. The van der Waals surface area contributed by atoms with E-state index >= 15 is 0 Å². The van der Waals surface area contributed by atoms with E-state index in [0.29, 0.717) is 24.4 Å². The maximum Gasteiger partial charge on any atom is 0.243 e. The molecule has 4 saturated carbocycles. The van der Waals surface area contributed by atoms with Crippen molar-refractivity contribution in [2.75, 3.05) is 13.1 Å². The molecular formula is C24H34N2O3S. The van der Waals surface area contributed by atoms with Gasteiger partial charge >= 0.3 is 0 Å². The van der Waals surface area contributed by atoms with E-state index in [0.717, 1.165) is 55.4 Å². The van der Waals surface area contributed by atoms with Crippen LogP contribution in [-0.4, -0.2) is 37.3 Å². The van der Waals surface area contributed by atoms with Crippen molar-refractivity contribution in [2.24, 2.45) is 23.7 Å². The number of nitrogens with zero attached hydrogens (tertiary/aromatic N) is 1. The molecule has 4 aliphatic carbocycles. The first-order valence-electron chi connectivity index (χ1n) is 11.7. The Morgan fingerprint density at radius 3 is 2.27 bits per heavy atom. The topological polar surface area (TPSA) is 66.5 Å². The highest BCUT2D eigenvalue weighted by molar-refractivity contribution is 7.89. The van der Waals surface area contributed by atoms with Gasteiger partial charge in [-0.05, 0) is 94.1 Å². The summed E-state index contributed by atoms with van der Waals surface area (Å²) in [7, 11) is -3.49. The molecule has 5 nitrogen and oxygen atoms in total. The van der Waals surface area contributed by atoms with Crippen LogP contribution in [0.1, 0.15) is 63.4 Å². The second-order valence-corrected chi connectivity index (χ2v) is 12.6. The zero-order chi connectivity index (χ0) is 20.9. The minimum Gasteiger partial charge on any atom is -0.351 e. The van der Waals surface area contributed by atoms with E-state index in [2.05, 4.69) is 5.32 Å². The second-order valence-electron chi connectivity index (χ2n) is 10.6. The van der Waals surface area contributed by atoms with E-state index in [1.807, 2.05) is 19.1 Å². The monoisotopic (exact) mass is 430 g/mol. The van der Waals surface area contributed by atoms with Crippen molar-refractivity contribution in [3.8, 4) is 0 Å². The highest BCUT2D eigenvalue weighted by atomic mass is 32.2. The summed E-state index contributed by atoms with van der Waals surface area (Å²) in [5.74, 6) is 2.66. The lowest BCUT2D eigenvalue weighted by atomic mass is 9.53. The third kappa shape index (κ3) is 3.93. The van der Waals surface area contributed by atoms with E-state index in [-0.39, 0.29) is 17.4 Å². The number of carbonyl (C=O) groups excluding carboxylic acids is 1. The average molecular weight is 431 g/mol. The molecule has 5 aliphatic rings. The van der Waals surface area contributed by atoms with E-state index in [1.165, 1.54) is 19.3 Å². The molecule has 1 unspecified atom stereocenters. The largest absolute Gasteiger partial charge is 0.351 e. The molecule has 30 heavy (non-hydrogen) atoms.